The van der Waals surface area contributed by atoms with Gasteiger partial charge in [-0.25, -0.2) is 8.42 Å². The number of benzene rings is 2. The number of sulfonamides is 1. The molecule has 1 aliphatic rings. The van der Waals surface area contributed by atoms with Crippen LogP contribution in [-0.4, -0.2) is 21.8 Å². The van der Waals surface area contributed by atoms with Crippen molar-refractivity contribution in [2.45, 2.75) is 11.2 Å². The Morgan fingerprint density at radius 3 is 2.48 bits per heavy atom. The molecule has 0 radical (unpaired) electrons. The van der Waals surface area contributed by atoms with E-state index in [9.17, 15) is 17.2 Å². The monoisotopic (exact) mass is 405 g/mol. The van der Waals surface area contributed by atoms with Gasteiger partial charge in [0.05, 0.1) is 10.6 Å². The average molecular weight is 406 g/mol. The van der Waals surface area contributed by atoms with Crippen molar-refractivity contribution in [1.29, 1.82) is 0 Å². The van der Waals surface area contributed by atoms with Crippen molar-refractivity contribution in [2.75, 3.05) is 11.4 Å². The zero-order valence-electron chi connectivity index (χ0n) is 11.7. The smallest absolute Gasteiger partial charge is 0.395 e. The van der Waals surface area contributed by atoms with E-state index in [2.05, 4.69) is 25.4 Å². The molecular formula is C14H10BrF2NO4S. The number of hydrogen-bond acceptors (Lipinski definition) is 4. The van der Waals surface area contributed by atoms with Crippen LogP contribution >= 0.6 is 15.9 Å². The molecule has 0 aromatic heterocycles. The maximum absolute atomic E-state index is 13.0. The van der Waals surface area contributed by atoms with Crippen molar-refractivity contribution in [3.8, 4) is 11.5 Å². The zero-order valence-corrected chi connectivity index (χ0v) is 14.1. The molecule has 1 aliphatic heterocycles. The first-order valence-corrected chi connectivity index (χ1v) is 8.57. The van der Waals surface area contributed by atoms with Gasteiger partial charge in [-0.05, 0) is 30.3 Å². The van der Waals surface area contributed by atoms with Crippen LogP contribution in [0.2, 0.25) is 0 Å². The Morgan fingerprint density at radius 2 is 1.78 bits per heavy atom. The van der Waals surface area contributed by atoms with Gasteiger partial charge in [0, 0.05) is 17.6 Å². The van der Waals surface area contributed by atoms with Gasteiger partial charge in [0.25, 0.3) is 10.0 Å². The second-order valence-electron chi connectivity index (χ2n) is 4.73. The molecule has 2 aromatic carbocycles. The van der Waals surface area contributed by atoms with Gasteiger partial charge in [-0.15, -0.1) is 8.78 Å². The van der Waals surface area contributed by atoms with Crippen LogP contribution in [0.25, 0.3) is 0 Å². The molecule has 0 spiro atoms. The fourth-order valence-electron chi connectivity index (χ4n) is 2.06. The first-order valence-electron chi connectivity index (χ1n) is 6.33. The summed E-state index contributed by atoms with van der Waals surface area (Å²) in [5, 5.41) is 0. The van der Waals surface area contributed by atoms with E-state index in [0.29, 0.717) is 4.47 Å². The van der Waals surface area contributed by atoms with Crippen LogP contribution in [0.5, 0.6) is 11.5 Å². The first kappa shape index (κ1) is 16.0. The Labute approximate surface area is 139 Å². The second-order valence-corrected chi connectivity index (χ2v) is 7.61. The third kappa shape index (κ3) is 2.98. The lowest BCUT2D eigenvalue weighted by atomic mass is 10.3. The Bertz CT molecular complexity index is 873. The van der Waals surface area contributed by atoms with Gasteiger partial charge in [-0.3, -0.25) is 4.31 Å². The maximum Gasteiger partial charge on any atom is 0.586 e. The Hall–Kier alpha value is -1.87. The summed E-state index contributed by atoms with van der Waals surface area (Å²) in [6.07, 6.45) is -3.75. The highest BCUT2D eigenvalue weighted by atomic mass is 79.9. The molecule has 5 nitrogen and oxygen atoms in total. The first-order chi connectivity index (χ1) is 10.7. The normalized spacial score (nSPS) is 15.5. The van der Waals surface area contributed by atoms with E-state index in [1.807, 2.05) is 0 Å². The van der Waals surface area contributed by atoms with Crippen molar-refractivity contribution < 1.29 is 26.7 Å². The molecule has 2 aromatic rings. The molecule has 122 valence electrons. The molecule has 0 saturated heterocycles. The van der Waals surface area contributed by atoms with Gasteiger partial charge in [0.1, 0.15) is 0 Å². The quantitative estimate of drug-likeness (QED) is 0.782. The summed E-state index contributed by atoms with van der Waals surface area (Å²) in [6, 6.07) is 9.96. The SMILES string of the molecule is CN(c1ccc2c(c1)OC(F)(F)O2)S(=O)(=O)c1cccc(Br)c1. The summed E-state index contributed by atoms with van der Waals surface area (Å²) in [5.41, 5.74) is 0.171. The predicted octanol–water partition coefficient (Wildman–Crippen LogP) is 3.60. The minimum atomic E-state index is -3.84. The molecule has 0 fully saturated rings. The Kier molecular flexibility index (Phi) is 3.72. The number of fused-ring (bicyclic) bond motifs is 1. The summed E-state index contributed by atoms with van der Waals surface area (Å²) < 4.78 is 61.5. The fourth-order valence-corrected chi connectivity index (χ4v) is 3.84. The molecule has 9 heteroatoms. The van der Waals surface area contributed by atoms with Crippen molar-refractivity contribution in [1.82, 2.24) is 0 Å². The number of alkyl halides is 2. The molecule has 0 bridgehead atoms. The van der Waals surface area contributed by atoms with E-state index < -0.39 is 16.3 Å². The van der Waals surface area contributed by atoms with Crippen LogP contribution in [0, 0.1) is 0 Å². The van der Waals surface area contributed by atoms with Crippen molar-refractivity contribution >= 4 is 31.6 Å². The van der Waals surface area contributed by atoms with E-state index in [0.717, 1.165) is 4.31 Å². The summed E-state index contributed by atoms with van der Waals surface area (Å²) in [5.74, 6) is -0.365. The molecule has 23 heavy (non-hydrogen) atoms. The number of anilines is 1. The molecule has 0 saturated carbocycles. The number of rotatable bonds is 3. The number of ether oxygens (including phenoxy) is 2. The molecule has 0 aliphatic carbocycles. The highest BCUT2D eigenvalue weighted by Gasteiger charge is 2.43. The lowest BCUT2D eigenvalue weighted by molar-refractivity contribution is -0.286. The van der Waals surface area contributed by atoms with Crippen LogP contribution in [0.15, 0.2) is 51.8 Å². The van der Waals surface area contributed by atoms with Crippen LogP contribution in [-0.2, 0) is 10.0 Å². The molecule has 0 atom stereocenters. The Balaban J connectivity index is 1.97. The number of nitrogens with zero attached hydrogens (tertiary/aromatic N) is 1. The largest absolute Gasteiger partial charge is 0.586 e. The summed E-state index contributed by atoms with van der Waals surface area (Å²) >= 11 is 3.21. The summed E-state index contributed by atoms with van der Waals surface area (Å²) in [7, 11) is -2.52. The molecule has 1 heterocycles. The van der Waals surface area contributed by atoms with Crippen LogP contribution in [0.4, 0.5) is 14.5 Å². The van der Waals surface area contributed by atoms with Crippen molar-refractivity contribution in [3.63, 3.8) is 0 Å². The molecular weight excluding hydrogens is 396 g/mol. The zero-order chi connectivity index (χ0) is 16.8. The predicted molar refractivity (Wildman–Crippen MR) is 82.4 cm³/mol. The second kappa shape index (κ2) is 5.34. The van der Waals surface area contributed by atoms with Gasteiger partial charge >= 0.3 is 6.29 Å². The van der Waals surface area contributed by atoms with E-state index in [-0.39, 0.29) is 22.1 Å². The van der Waals surface area contributed by atoms with Gasteiger partial charge in [0.2, 0.25) is 0 Å². The van der Waals surface area contributed by atoms with Gasteiger partial charge in [0.15, 0.2) is 11.5 Å². The topological polar surface area (TPSA) is 55.8 Å². The highest BCUT2D eigenvalue weighted by Crippen LogP contribution is 2.43. The van der Waals surface area contributed by atoms with Gasteiger partial charge in [-0.2, -0.15) is 0 Å². The average Bonchev–Trinajstić information content (AvgIpc) is 2.79. The van der Waals surface area contributed by atoms with Gasteiger partial charge in [-0.1, -0.05) is 22.0 Å². The number of halogens is 3. The minimum Gasteiger partial charge on any atom is -0.395 e. The van der Waals surface area contributed by atoms with E-state index >= 15 is 0 Å². The van der Waals surface area contributed by atoms with Crippen molar-refractivity contribution in [2.24, 2.45) is 0 Å². The van der Waals surface area contributed by atoms with E-state index in [1.165, 1.54) is 37.4 Å². The van der Waals surface area contributed by atoms with Crippen LogP contribution < -0.4 is 13.8 Å². The lowest BCUT2D eigenvalue weighted by Crippen LogP contribution is -2.26. The van der Waals surface area contributed by atoms with E-state index in [4.69, 9.17) is 0 Å². The van der Waals surface area contributed by atoms with E-state index in [1.54, 1.807) is 12.1 Å². The lowest BCUT2D eigenvalue weighted by Gasteiger charge is -2.19. The third-order valence-electron chi connectivity index (χ3n) is 3.20. The van der Waals surface area contributed by atoms with Crippen LogP contribution in [0.1, 0.15) is 0 Å². The standard InChI is InChI=1S/C14H10BrF2NO4S/c1-18(23(19,20)11-4-2-3-9(15)7-11)10-5-6-12-13(8-10)22-14(16,17)21-12/h2-8H,1H3. The summed E-state index contributed by atoms with van der Waals surface area (Å²) in [4.78, 5) is 0.0670. The maximum atomic E-state index is 13.0. The number of hydrogen-bond donors (Lipinski definition) is 0. The summed E-state index contributed by atoms with van der Waals surface area (Å²) in [6.45, 7) is 0. The van der Waals surface area contributed by atoms with Gasteiger partial charge < -0.3 is 9.47 Å². The third-order valence-corrected chi connectivity index (χ3v) is 5.48. The minimum absolute atomic E-state index is 0.0670. The molecule has 0 unspecified atom stereocenters. The molecule has 0 N–H and O–H groups in total. The highest BCUT2D eigenvalue weighted by molar-refractivity contribution is 9.10. The molecule has 0 amide bonds. The van der Waals surface area contributed by atoms with Crippen LogP contribution in [0.3, 0.4) is 0 Å². The fraction of sp³-hybridized carbons (Fsp3) is 0.143. The van der Waals surface area contributed by atoms with Crippen molar-refractivity contribution in [3.05, 3.63) is 46.9 Å². The molecule has 3 rings (SSSR count). The Morgan fingerprint density at radius 1 is 1.09 bits per heavy atom.